The molecule has 1 heterocycles. The van der Waals surface area contributed by atoms with Crippen molar-refractivity contribution in [2.75, 3.05) is 20.3 Å². The molecule has 3 nitrogen and oxygen atoms in total. The first-order chi connectivity index (χ1) is 15.9. The van der Waals surface area contributed by atoms with E-state index in [1.165, 1.54) is 39.2 Å². The molecule has 2 rings (SSSR count). The fraction of sp³-hybridized carbons (Fsp3) is 0.714. The monoisotopic (exact) mass is 468 g/mol. The molecular weight excluding hydrogens is 422 g/mol. The first-order valence-electron chi connectivity index (χ1n) is 12.8. The third-order valence-electron chi connectivity index (χ3n) is 5.99. The number of ether oxygens (including phenoxy) is 3. The molecule has 33 heavy (non-hydrogen) atoms. The Morgan fingerprint density at radius 3 is 2.33 bits per heavy atom. The van der Waals surface area contributed by atoms with Gasteiger partial charge in [-0.2, -0.15) is 0 Å². The van der Waals surface area contributed by atoms with Crippen molar-refractivity contribution in [3.05, 3.63) is 46.5 Å². The van der Waals surface area contributed by atoms with Crippen molar-refractivity contribution < 1.29 is 23.0 Å². The van der Waals surface area contributed by atoms with Crippen LogP contribution in [-0.4, -0.2) is 26.4 Å². The average Bonchev–Trinajstić information content (AvgIpc) is 2.82. The van der Waals surface area contributed by atoms with Gasteiger partial charge in [-0.15, -0.1) is 0 Å². The third kappa shape index (κ3) is 10.5. The number of rotatable bonds is 11. The van der Waals surface area contributed by atoms with Gasteiger partial charge in [-0.25, -0.2) is 8.78 Å². The van der Waals surface area contributed by atoms with Crippen molar-refractivity contribution in [1.29, 1.82) is 0 Å². The third-order valence-corrected chi connectivity index (χ3v) is 5.99. The van der Waals surface area contributed by atoms with Gasteiger partial charge in [0, 0.05) is 18.8 Å². The van der Waals surface area contributed by atoms with Gasteiger partial charge in [-0.1, -0.05) is 59.5 Å². The minimum absolute atomic E-state index is 0.0828. The average molecular weight is 469 g/mol. The van der Waals surface area contributed by atoms with Gasteiger partial charge in [0.1, 0.15) is 5.76 Å². The molecule has 5 heteroatoms. The summed E-state index contributed by atoms with van der Waals surface area (Å²) in [6, 6.07) is 0. The van der Waals surface area contributed by atoms with Crippen LogP contribution in [0.2, 0.25) is 0 Å². The van der Waals surface area contributed by atoms with Gasteiger partial charge in [0.2, 0.25) is 0 Å². The lowest BCUT2D eigenvalue weighted by atomic mass is 9.95. The predicted octanol–water partition coefficient (Wildman–Crippen LogP) is 8.88. The Hall–Kier alpha value is -1.62. The molecule has 2 aliphatic rings. The highest BCUT2D eigenvalue weighted by Gasteiger charge is 2.24. The Kier molecular flexibility index (Phi) is 15.1. The summed E-state index contributed by atoms with van der Waals surface area (Å²) >= 11 is 0. The molecular formula is C28H46F2O3. The van der Waals surface area contributed by atoms with Crippen molar-refractivity contribution in [3.63, 3.8) is 0 Å². The van der Waals surface area contributed by atoms with Crippen LogP contribution >= 0.6 is 0 Å². The van der Waals surface area contributed by atoms with Gasteiger partial charge in [-0.3, -0.25) is 0 Å². The second kappa shape index (κ2) is 16.9. The van der Waals surface area contributed by atoms with E-state index in [0.717, 1.165) is 31.6 Å². The van der Waals surface area contributed by atoms with E-state index in [9.17, 15) is 8.78 Å². The smallest absolute Gasteiger partial charge is 0.196 e. The van der Waals surface area contributed by atoms with Crippen LogP contribution in [0.4, 0.5) is 8.78 Å². The number of halogens is 2. The van der Waals surface area contributed by atoms with Crippen molar-refractivity contribution in [2.45, 2.75) is 105 Å². The van der Waals surface area contributed by atoms with Gasteiger partial charge in [0.05, 0.1) is 32.2 Å². The molecule has 1 aliphatic carbocycles. The summed E-state index contributed by atoms with van der Waals surface area (Å²) in [6.07, 6.45) is 14.1. The van der Waals surface area contributed by atoms with E-state index in [-0.39, 0.29) is 5.76 Å². The van der Waals surface area contributed by atoms with E-state index in [0.29, 0.717) is 42.6 Å². The molecule has 0 radical (unpaired) electrons. The lowest BCUT2D eigenvalue weighted by Crippen LogP contribution is -2.28. The standard InChI is InChI=1S/C25H38F2O3.C3H8/c1-5-7-8-9-21-13-11-19(17-30-21)16-29-20(6-2)12-10-18(3)22-14-15-23(28-4)25(27)24(22)26;1-3-2/h10,12,19,21H,5-9,11,13-17H2,1-4H3;3H2,1-2H3/b18-10+,20-12+;. The molecule has 1 saturated heterocycles. The van der Waals surface area contributed by atoms with Crippen LogP contribution in [-0.2, 0) is 14.2 Å². The van der Waals surface area contributed by atoms with Crippen LogP contribution in [0.3, 0.4) is 0 Å². The number of hydrogen-bond donors (Lipinski definition) is 0. The van der Waals surface area contributed by atoms with Crippen molar-refractivity contribution in [1.82, 2.24) is 0 Å². The molecule has 0 aromatic heterocycles. The van der Waals surface area contributed by atoms with E-state index in [2.05, 4.69) is 20.8 Å². The topological polar surface area (TPSA) is 27.7 Å². The Morgan fingerprint density at radius 2 is 1.76 bits per heavy atom. The number of hydrogen-bond acceptors (Lipinski definition) is 3. The largest absolute Gasteiger partial charge is 0.498 e. The first kappa shape index (κ1) is 29.4. The van der Waals surface area contributed by atoms with E-state index in [1.807, 2.05) is 19.1 Å². The zero-order valence-electron chi connectivity index (χ0n) is 21.8. The summed E-state index contributed by atoms with van der Waals surface area (Å²) < 4.78 is 45.2. The van der Waals surface area contributed by atoms with Crippen molar-refractivity contribution in [3.8, 4) is 0 Å². The Labute approximate surface area is 201 Å². The van der Waals surface area contributed by atoms with Crippen LogP contribution in [0, 0.1) is 5.92 Å². The van der Waals surface area contributed by atoms with Crippen LogP contribution in [0.25, 0.3) is 0 Å². The fourth-order valence-corrected chi connectivity index (χ4v) is 3.93. The van der Waals surface area contributed by atoms with Gasteiger partial charge < -0.3 is 14.2 Å². The maximum atomic E-state index is 14.3. The van der Waals surface area contributed by atoms with Gasteiger partial charge >= 0.3 is 0 Å². The van der Waals surface area contributed by atoms with Gasteiger partial charge in [-0.05, 0) is 49.8 Å². The Bertz CT molecular complexity index is 683. The Morgan fingerprint density at radius 1 is 1.03 bits per heavy atom. The highest BCUT2D eigenvalue weighted by Crippen LogP contribution is 2.35. The lowest BCUT2D eigenvalue weighted by Gasteiger charge is -2.29. The predicted molar refractivity (Wildman–Crippen MR) is 133 cm³/mol. The molecule has 0 saturated carbocycles. The molecule has 2 unspecified atom stereocenters. The fourth-order valence-electron chi connectivity index (χ4n) is 3.93. The number of methoxy groups -OCH3 is 1. The van der Waals surface area contributed by atoms with Crippen molar-refractivity contribution >= 4 is 0 Å². The zero-order valence-corrected chi connectivity index (χ0v) is 21.8. The van der Waals surface area contributed by atoms with Gasteiger partial charge in [0.15, 0.2) is 11.7 Å². The van der Waals surface area contributed by atoms with Crippen LogP contribution in [0.5, 0.6) is 0 Å². The highest BCUT2D eigenvalue weighted by atomic mass is 19.2. The maximum Gasteiger partial charge on any atom is 0.196 e. The number of unbranched alkanes of at least 4 members (excludes halogenated alkanes) is 2. The minimum Gasteiger partial charge on any atom is -0.498 e. The summed E-state index contributed by atoms with van der Waals surface area (Å²) in [6.45, 7) is 11.7. The normalized spacial score (nSPS) is 22.2. The molecule has 0 spiro atoms. The molecule has 1 aliphatic heterocycles. The summed E-state index contributed by atoms with van der Waals surface area (Å²) in [5.41, 5.74) is 1.11. The first-order valence-corrected chi connectivity index (χ1v) is 12.8. The molecule has 1 fully saturated rings. The molecule has 0 aromatic carbocycles. The Balaban J connectivity index is 0.00000172. The lowest BCUT2D eigenvalue weighted by molar-refractivity contribution is -0.0384. The van der Waals surface area contributed by atoms with E-state index < -0.39 is 11.7 Å². The van der Waals surface area contributed by atoms with Crippen LogP contribution in [0.15, 0.2) is 46.5 Å². The second-order valence-electron chi connectivity index (χ2n) is 8.98. The summed E-state index contributed by atoms with van der Waals surface area (Å²) in [4.78, 5) is 0. The second-order valence-corrected chi connectivity index (χ2v) is 8.98. The highest BCUT2D eigenvalue weighted by molar-refractivity contribution is 5.43. The summed E-state index contributed by atoms with van der Waals surface area (Å²) in [5, 5.41) is 0. The zero-order chi connectivity index (χ0) is 24.6. The molecule has 0 aromatic rings. The molecule has 0 N–H and O–H groups in total. The maximum absolute atomic E-state index is 14.3. The molecule has 0 bridgehead atoms. The van der Waals surface area contributed by atoms with E-state index in [4.69, 9.17) is 14.2 Å². The van der Waals surface area contributed by atoms with Crippen LogP contribution < -0.4 is 0 Å². The van der Waals surface area contributed by atoms with Crippen molar-refractivity contribution in [2.24, 2.45) is 5.92 Å². The number of allylic oxidation sites excluding steroid dienone is 8. The summed E-state index contributed by atoms with van der Waals surface area (Å²) in [7, 11) is 1.37. The molecule has 190 valence electrons. The quantitative estimate of drug-likeness (QED) is 0.172. The molecule has 2 atom stereocenters. The van der Waals surface area contributed by atoms with E-state index >= 15 is 0 Å². The summed E-state index contributed by atoms with van der Waals surface area (Å²) in [5.74, 6) is -0.346. The minimum atomic E-state index is -0.882. The molecule has 0 amide bonds. The van der Waals surface area contributed by atoms with Gasteiger partial charge in [0.25, 0.3) is 0 Å². The van der Waals surface area contributed by atoms with Crippen LogP contribution in [0.1, 0.15) is 98.8 Å². The SMILES string of the molecule is CCC.CCCCCC1CCC(CO/C(=C/C=C(\C)C2=C(F)C(F)=C(OC)CC2)CC)CO1. The van der Waals surface area contributed by atoms with E-state index in [1.54, 1.807) is 6.92 Å².